The summed E-state index contributed by atoms with van der Waals surface area (Å²) in [4.78, 5) is 16.5. The van der Waals surface area contributed by atoms with Crippen LogP contribution in [0.2, 0.25) is 0 Å². The number of carbonyl (C=O) groups is 1. The second kappa shape index (κ2) is 8.00. The molecule has 1 amide bonds. The lowest BCUT2D eigenvalue weighted by molar-refractivity contribution is -0.117. The molecule has 0 fully saturated rings. The summed E-state index contributed by atoms with van der Waals surface area (Å²) >= 11 is 2.64. The van der Waals surface area contributed by atoms with Gasteiger partial charge in [-0.05, 0) is 25.4 Å². The van der Waals surface area contributed by atoms with Crippen LogP contribution in [0.4, 0.5) is 18.3 Å². The van der Waals surface area contributed by atoms with Crippen LogP contribution in [0.1, 0.15) is 11.3 Å². The highest BCUT2D eigenvalue weighted by molar-refractivity contribution is 7.98. The molecule has 1 aromatic carbocycles. The van der Waals surface area contributed by atoms with E-state index in [0.29, 0.717) is 23.4 Å². The normalized spacial score (nSPS) is 12.2. The molecule has 2 rings (SSSR count). The molecule has 0 saturated carbocycles. The van der Waals surface area contributed by atoms with Gasteiger partial charge in [-0.15, -0.1) is 11.3 Å². The Morgan fingerprint density at radius 3 is 2.58 bits per heavy atom. The third kappa shape index (κ3) is 4.28. The number of hydrogen-bond donors (Lipinski definition) is 2. The van der Waals surface area contributed by atoms with E-state index in [0.717, 1.165) is 17.1 Å². The molecule has 1 atom stereocenters. The lowest BCUT2D eigenvalue weighted by atomic mass is 10.1. The number of halogens is 3. The predicted octanol–water partition coefficient (Wildman–Crippen LogP) is 3.55. The molecule has 24 heavy (non-hydrogen) atoms. The number of thiazole rings is 1. The summed E-state index contributed by atoms with van der Waals surface area (Å²) in [7, 11) is 0. The first-order valence-corrected chi connectivity index (χ1v) is 9.22. The molecule has 1 unspecified atom stereocenters. The van der Waals surface area contributed by atoms with E-state index in [2.05, 4.69) is 10.3 Å². The second-order valence-corrected chi connectivity index (χ2v) is 7.23. The van der Waals surface area contributed by atoms with Gasteiger partial charge >= 0.3 is 0 Å². The Hall–Kier alpha value is -1.58. The standard InChI is InChI=1S/C15H16F3N3OS2/c1-7-13(12-9(17)5-8(16)6-10(12)18)20-15(24-7)21-14(22)11(19)3-4-23-2/h5-6,11H,3-4,19H2,1-2H3,(H,20,21,22). The van der Waals surface area contributed by atoms with Gasteiger partial charge < -0.3 is 11.1 Å². The number of carbonyl (C=O) groups excluding carboxylic acids is 1. The van der Waals surface area contributed by atoms with Gasteiger partial charge in [0.05, 0.1) is 17.3 Å². The molecule has 0 aliphatic rings. The third-order valence-electron chi connectivity index (χ3n) is 3.24. The number of nitrogens with two attached hydrogens (primary N) is 1. The average molecular weight is 375 g/mol. The number of aryl methyl sites for hydroxylation is 1. The highest BCUT2D eigenvalue weighted by Gasteiger charge is 2.21. The maximum atomic E-state index is 13.9. The van der Waals surface area contributed by atoms with Crippen LogP contribution in [-0.4, -0.2) is 28.9 Å². The molecule has 9 heteroatoms. The van der Waals surface area contributed by atoms with Crippen LogP contribution >= 0.6 is 23.1 Å². The second-order valence-electron chi connectivity index (χ2n) is 5.05. The van der Waals surface area contributed by atoms with Crippen molar-refractivity contribution < 1.29 is 18.0 Å². The number of benzene rings is 1. The molecule has 0 aliphatic heterocycles. The quantitative estimate of drug-likeness (QED) is 0.810. The number of amides is 1. The van der Waals surface area contributed by atoms with Crippen LogP contribution in [0, 0.1) is 24.4 Å². The monoisotopic (exact) mass is 375 g/mol. The molecule has 1 aromatic heterocycles. The number of aromatic nitrogens is 1. The van der Waals surface area contributed by atoms with Gasteiger partial charge in [0, 0.05) is 17.0 Å². The zero-order chi connectivity index (χ0) is 17.9. The third-order valence-corrected chi connectivity index (χ3v) is 4.77. The van der Waals surface area contributed by atoms with Gasteiger partial charge in [0.1, 0.15) is 17.5 Å². The fraction of sp³-hybridized carbons (Fsp3) is 0.333. The van der Waals surface area contributed by atoms with E-state index in [9.17, 15) is 18.0 Å². The smallest absolute Gasteiger partial charge is 0.243 e. The summed E-state index contributed by atoms with van der Waals surface area (Å²) in [5, 5.41) is 2.74. The van der Waals surface area contributed by atoms with Crippen molar-refractivity contribution in [1.82, 2.24) is 4.98 Å². The van der Waals surface area contributed by atoms with Crippen LogP contribution in [0.15, 0.2) is 12.1 Å². The highest BCUT2D eigenvalue weighted by Crippen LogP contribution is 2.34. The largest absolute Gasteiger partial charge is 0.320 e. The van der Waals surface area contributed by atoms with Gasteiger partial charge in [-0.3, -0.25) is 4.79 Å². The molecule has 2 aromatic rings. The summed E-state index contributed by atoms with van der Waals surface area (Å²) in [5.41, 5.74) is 5.37. The van der Waals surface area contributed by atoms with Gasteiger partial charge in [0.25, 0.3) is 0 Å². The van der Waals surface area contributed by atoms with Crippen LogP contribution in [-0.2, 0) is 4.79 Å². The molecule has 1 heterocycles. The number of anilines is 1. The molecule has 3 N–H and O–H groups in total. The zero-order valence-electron chi connectivity index (χ0n) is 13.0. The van der Waals surface area contributed by atoms with E-state index < -0.39 is 35.0 Å². The zero-order valence-corrected chi connectivity index (χ0v) is 14.7. The van der Waals surface area contributed by atoms with Crippen molar-refractivity contribution in [2.24, 2.45) is 5.73 Å². The van der Waals surface area contributed by atoms with Crippen molar-refractivity contribution in [1.29, 1.82) is 0 Å². The molecule has 0 bridgehead atoms. The first kappa shape index (κ1) is 18.8. The predicted molar refractivity (Wildman–Crippen MR) is 91.8 cm³/mol. The van der Waals surface area contributed by atoms with Gasteiger partial charge in [-0.25, -0.2) is 18.2 Å². The molecule has 130 valence electrons. The molecule has 0 radical (unpaired) electrons. The highest BCUT2D eigenvalue weighted by atomic mass is 32.2. The Kier molecular flexibility index (Phi) is 6.25. The molecular formula is C15H16F3N3OS2. The van der Waals surface area contributed by atoms with E-state index >= 15 is 0 Å². The maximum absolute atomic E-state index is 13.9. The van der Waals surface area contributed by atoms with E-state index in [1.165, 1.54) is 0 Å². The van der Waals surface area contributed by atoms with Gasteiger partial charge in [-0.1, -0.05) is 0 Å². The Labute approximate surface area is 145 Å². The van der Waals surface area contributed by atoms with Gasteiger partial charge in [0.15, 0.2) is 5.13 Å². The maximum Gasteiger partial charge on any atom is 0.243 e. The first-order chi connectivity index (χ1) is 11.3. The van der Waals surface area contributed by atoms with Crippen LogP contribution in [0.5, 0.6) is 0 Å². The summed E-state index contributed by atoms with van der Waals surface area (Å²) in [6, 6.07) is 0.492. The van der Waals surface area contributed by atoms with Crippen molar-refractivity contribution in [3.05, 3.63) is 34.5 Å². The van der Waals surface area contributed by atoms with E-state index in [1.807, 2.05) is 6.26 Å². The Balaban J connectivity index is 2.24. The number of nitrogens with zero attached hydrogens (tertiary/aromatic N) is 1. The fourth-order valence-electron chi connectivity index (χ4n) is 2.02. The Morgan fingerprint density at radius 2 is 2.00 bits per heavy atom. The van der Waals surface area contributed by atoms with Crippen molar-refractivity contribution >= 4 is 34.1 Å². The van der Waals surface area contributed by atoms with Crippen molar-refractivity contribution in [3.8, 4) is 11.3 Å². The number of rotatable bonds is 6. The minimum atomic E-state index is -1.05. The number of nitrogens with one attached hydrogen (secondary N) is 1. The Bertz CT molecular complexity index is 729. The van der Waals surface area contributed by atoms with Gasteiger partial charge in [-0.2, -0.15) is 11.8 Å². The van der Waals surface area contributed by atoms with E-state index in [1.54, 1.807) is 18.7 Å². The minimum Gasteiger partial charge on any atom is -0.320 e. The molecule has 0 aliphatic carbocycles. The average Bonchev–Trinajstić information content (AvgIpc) is 2.84. The van der Waals surface area contributed by atoms with Crippen LogP contribution < -0.4 is 11.1 Å². The molecule has 0 spiro atoms. The molecular weight excluding hydrogens is 359 g/mol. The van der Waals surface area contributed by atoms with Crippen molar-refractivity contribution in [2.45, 2.75) is 19.4 Å². The van der Waals surface area contributed by atoms with E-state index in [-0.39, 0.29) is 10.8 Å². The molecule has 0 saturated heterocycles. The van der Waals surface area contributed by atoms with E-state index in [4.69, 9.17) is 5.73 Å². The molecule has 4 nitrogen and oxygen atoms in total. The summed E-state index contributed by atoms with van der Waals surface area (Å²) in [6.45, 7) is 1.61. The lowest BCUT2D eigenvalue weighted by Crippen LogP contribution is -2.36. The van der Waals surface area contributed by atoms with Crippen LogP contribution in [0.3, 0.4) is 0 Å². The summed E-state index contributed by atoms with van der Waals surface area (Å²) in [6.07, 6.45) is 2.41. The summed E-state index contributed by atoms with van der Waals surface area (Å²) in [5.74, 6) is -2.77. The van der Waals surface area contributed by atoms with Crippen molar-refractivity contribution in [2.75, 3.05) is 17.3 Å². The van der Waals surface area contributed by atoms with Crippen molar-refractivity contribution in [3.63, 3.8) is 0 Å². The van der Waals surface area contributed by atoms with Gasteiger partial charge in [0.2, 0.25) is 5.91 Å². The number of hydrogen-bond acceptors (Lipinski definition) is 5. The Morgan fingerprint density at radius 1 is 1.38 bits per heavy atom. The first-order valence-electron chi connectivity index (χ1n) is 7.01. The summed E-state index contributed by atoms with van der Waals surface area (Å²) < 4.78 is 40.8. The van der Waals surface area contributed by atoms with Crippen LogP contribution in [0.25, 0.3) is 11.3 Å². The topological polar surface area (TPSA) is 68.0 Å². The lowest BCUT2D eigenvalue weighted by Gasteiger charge is -2.09. The number of thioether (sulfide) groups is 1. The fourth-order valence-corrected chi connectivity index (χ4v) is 3.34. The SMILES string of the molecule is CSCCC(N)C(=O)Nc1nc(-c2c(F)cc(F)cc2F)c(C)s1. The minimum absolute atomic E-state index is 0.0305.